The van der Waals surface area contributed by atoms with Crippen molar-refractivity contribution in [3.05, 3.63) is 71.0 Å². The van der Waals surface area contributed by atoms with Crippen molar-refractivity contribution in [3.63, 3.8) is 0 Å². The van der Waals surface area contributed by atoms with Gasteiger partial charge in [0.2, 0.25) is 0 Å². The van der Waals surface area contributed by atoms with Crippen LogP contribution >= 0.6 is 0 Å². The van der Waals surface area contributed by atoms with Crippen LogP contribution in [0.25, 0.3) is 0 Å². The molecule has 1 atom stereocenters. The van der Waals surface area contributed by atoms with Crippen molar-refractivity contribution in [1.82, 2.24) is 16.0 Å². The first kappa shape index (κ1) is 22.4. The summed E-state index contributed by atoms with van der Waals surface area (Å²) in [5.74, 6) is -0.509. The largest absolute Gasteiger partial charge is 0.345 e. The molecule has 3 N–H and O–H groups in total. The Kier molecular flexibility index (Phi) is 7.37. The minimum Gasteiger partial charge on any atom is -0.345 e. The molecule has 6 heteroatoms. The van der Waals surface area contributed by atoms with E-state index >= 15 is 0 Å². The maximum Gasteiger partial charge on any atom is 0.315 e. The molecule has 0 saturated carbocycles. The molecule has 0 bridgehead atoms. The molecule has 0 aromatic heterocycles. The number of benzene rings is 2. The van der Waals surface area contributed by atoms with E-state index in [9.17, 15) is 14.0 Å². The molecule has 0 saturated heterocycles. The van der Waals surface area contributed by atoms with Gasteiger partial charge in [-0.1, -0.05) is 45.0 Å². The fourth-order valence-corrected chi connectivity index (χ4v) is 2.94. The number of rotatable bonds is 6. The number of amides is 3. The summed E-state index contributed by atoms with van der Waals surface area (Å²) < 4.78 is 13.3. The molecule has 0 radical (unpaired) electrons. The van der Waals surface area contributed by atoms with Crippen molar-refractivity contribution in [2.24, 2.45) is 5.41 Å². The summed E-state index contributed by atoms with van der Waals surface area (Å²) in [5.41, 5.74) is 2.02. The Bertz CT molecular complexity index is 825. The first-order valence-electron chi connectivity index (χ1n) is 9.76. The van der Waals surface area contributed by atoms with E-state index in [1.807, 2.05) is 46.8 Å². The fraction of sp³-hybridized carbons (Fsp3) is 0.391. The second-order valence-electron chi connectivity index (χ2n) is 8.50. The third-order valence-electron chi connectivity index (χ3n) is 4.43. The predicted molar refractivity (Wildman–Crippen MR) is 113 cm³/mol. The van der Waals surface area contributed by atoms with E-state index in [0.717, 1.165) is 11.1 Å². The molecule has 0 aliphatic carbocycles. The van der Waals surface area contributed by atoms with Gasteiger partial charge in [0.25, 0.3) is 5.91 Å². The van der Waals surface area contributed by atoms with Gasteiger partial charge in [-0.3, -0.25) is 4.79 Å². The van der Waals surface area contributed by atoms with Gasteiger partial charge < -0.3 is 16.0 Å². The Morgan fingerprint density at radius 2 is 1.52 bits per heavy atom. The van der Waals surface area contributed by atoms with Gasteiger partial charge in [-0.05, 0) is 54.7 Å². The third kappa shape index (κ3) is 6.89. The lowest BCUT2D eigenvalue weighted by Crippen LogP contribution is -2.39. The van der Waals surface area contributed by atoms with E-state index < -0.39 is 0 Å². The molecule has 3 amide bonds. The van der Waals surface area contributed by atoms with Gasteiger partial charge in [-0.15, -0.1) is 0 Å². The molecule has 0 heterocycles. The van der Waals surface area contributed by atoms with E-state index in [1.165, 1.54) is 12.1 Å². The summed E-state index contributed by atoms with van der Waals surface area (Å²) in [5, 5.41) is 8.59. The van der Waals surface area contributed by atoms with E-state index in [2.05, 4.69) is 16.0 Å². The van der Waals surface area contributed by atoms with Crippen molar-refractivity contribution in [2.45, 2.75) is 53.2 Å². The minimum absolute atomic E-state index is 0.0675. The van der Waals surface area contributed by atoms with Gasteiger partial charge in [0.05, 0.1) is 6.04 Å². The molecule has 29 heavy (non-hydrogen) atoms. The van der Waals surface area contributed by atoms with E-state index in [-0.39, 0.29) is 35.3 Å². The number of hydrogen-bond donors (Lipinski definition) is 3. The van der Waals surface area contributed by atoms with Crippen LogP contribution in [-0.4, -0.2) is 18.0 Å². The monoisotopic (exact) mass is 399 g/mol. The highest BCUT2D eigenvalue weighted by Crippen LogP contribution is 2.33. The molecule has 0 aliphatic heterocycles. The van der Waals surface area contributed by atoms with E-state index in [4.69, 9.17) is 0 Å². The molecule has 156 valence electrons. The van der Waals surface area contributed by atoms with Crippen LogP contribution < -0.4 is 16.0 Å². The molecule has 0 spiro atoms. The number of hydrogen-bond acceptors (Lipinski definition) is 2. The quantitative estimate of drug-likeness (QED) is 0.667. The minimum atomic E-state index is -0.306. The number of carbonyl (C=O) groups is 2. The normalized spacial score (nSPS) is 12.4. The van der Waals surface area contributed by atoms with Gasteiger partial charge >= 0.3 is 6.03 Å². The zero-order valence-electron chi connectivity index (χ0n) is 17.7. The molecule has 2 aromatic rings. The molecule has 2 rings (SSSR count). The van der Waals surface area contributed by atoms with Crippen LogP contribution in [-0.2, 0) is 6.54 Å². The van der Waals surface area contributed by atoms with Crippen molar-refractivity contribution < 1.29 is 14.0 Å². The SMILES string of the molecule is CC(C)NC(=O)NCc1ccc(C(=O)N[C@H](c2ccc(F)cc2)C(C)(C)C)cc1. The van der Waals surface area contributed by atoms with Crippen LogP contribution in [0.2, 0.25) is 0 Å². The Morgan fingerprint density at radius 1 is 0.931 bits per heavy atom. The lowest BCUT2D eigenvalue weighted by molar-refractivity contribution is 0.0901. The molecule has 0 fully saturated rings. The van der Waals surface area contributed by atoms with Crippen LogP contribution in [0.5, 0.6) is 0 Å². The summed E-state index contributed by atoms with van der Waals surface area (Å²) in [6, 6.07) is 12.9. The second-order valence-corrected chi connectivity index (χ2v) is 8.50. The summed E-state index contributed by atoms with van der Waals surface area (Å²) >= 11 is 0. The summed E-state index contributed by atoms with van der Waals surface area (Å²) in [6.07, 6.45) is 0. The average molecular weight is 400 g/mol. The maximum atomic E-state index is 13.3. The average Bonchev–Trinajstić information content (AvgIpc) is 2.64. The van der Waals surface area contributed by atoms with Crippen LogP contribution in [0.1, 0.15) is 62.1 Å². The first-order chi connectivity index (χ1) is 13.6. The van der Waals surface area contributed by atoms with Crippen LogP contribution in [0.4, 0.5) is 9.18 Å². The summed E-state index contributed by atoms with van der Waals surface area (Å²) in [4.78, 5) is 24.4. The second kappa shape index (κ2) is 9.54. The zero-order chi connectivity index (χ0) is 21.6. The zero-order valence-corrected chi connectivity index (χ0v) is 17.7. The van der Waals surface area contributed by atoms with Crippen molar-refractivity contribution in [3.8, 4) is 0 Å². The maximum absolute atomic E-state index is 13.3. The Balaban J connectivity index is 2.04. The molecule has 0 unspecified atom stereocenters. The molecular formula is C23H30FN3O2. The van der Waals surface area contributed by atoms with E-state index in [1.54, 1.807) is 24.3 Å². The third-order valence-corrected chi connectivity index (χ3v) is 4.43. The van der Waals surface area contributed by atoms with Gasteiger partial charge in [-0.25, -0.2) is 9.18 Å². The Labute approximate surface area is 172 Å². The topological polar surface area (TPSA) is 70.2 Å². The molecule has 0 aliphatic rings. The highest BCUT2D eigenvalue weighted by Gasteiger charge is 2.28. The number of carbonyl (C=O) groups excluding carboxylic acids is 2. The lowest BCUT2D eigenvalue weighted by Gasteiger charge is -2.32. The van der Waals surface area contributed by atoms with Crippen molar-refractivity contribution in [1.29, 1.82) is 0 Å². The summed E-state index contributed by atoms with van der Waals surface area (Å²) in [7, 11) is 0. The van der Waals surface area contributed by atoms with Gasteiger partial charge in [0.1, 0.15) is 5.82 Å². The number of urea groups is 1. The highest BCUT2D eigenvalue weighted by atomic mass is 19.1. The van der Waals surface area contributed by atoms with Gasteiger partial charge in [0, 0.05) is 18.2 Å². The first-order valence-corrected chi connectivity index (χ1v) is 9.76. The summed E-state index contributed by atoms with van der Waals surface area (Å²) in [6.45, 7) is 10.2. The van der Waals surface area contributed by atoms with Gasteiger partial charge in [0.15, 0.2) is 0 Å². The Morgan fingerprint density at radius 3 is 2.03 bits per heavy atom. The molecule has 5 nitrogen and oxygen atoms in total. The fourth-order valence-electron chi connectivity index (χ4n) is 2.94. The standard InChI is InChI=1S/C23H30FN3O2/c1-15(2)26-22(29)25-14-16-6-8-18(9-7-16)21(28)27-20(23(3,4)5)17-10-12-19(24)13-11-17/h6-13,15,20H,14H2,1-5H3,(H,27,28)(H2,25,26,29)/t20-/m1/s1. The molecular weight excluding hydrogens is 369 g/mol. The van der Waals surface area contributed by atoms with Crippen LogP contribution in [0, 0.1) is 11.2 Å². The number of halogens is 1. The van der Waals surface area contributed by atoms with Crippen molar-refractivity contribution >= 4 is 11.9 Å². The smallest absolute Gasteiger partial charge is 0.315 e. The van der Waals surface area contributed by atoms with Crippen LogP contribution in [0.15, 0.2) is 48.5 Å². The molecule has 2 aromatic carbocycles. The number of nitrogens with one attached hydrogen (secondary N) is 3. The highest BCUT2D eigenvalue weighted by molar-refractivity contribution is 5.94. The van der Waals surface area contributed by atoms with Gasteiger partial charge in [-0.2, -0.15) is 0 Å². The van der Waals surface area contributed by atoms with Crippen LogP contribution in [0.3, 0.4) is 0 Å². The van der Waals surface area contributed by atoms with E-state index in [0.29, 0.717) is 12.1 Å². The predicted octanol–water partition coefficient (Wildman–Crippen LogP) is 4.55. The Hall–Kier alpha value is -2.89. The lowest BCUT2D eigenvalue weighted by atomic mass is 9.82. The van der Waals surface area contributed by atoms with Crippen molar-refractivity contribution in [2.75, 3.05) is 0 Å².